The molecule has 2 N–H and O–H groups in total. The molecule has 18 heavy (non-hydrogen) atoms. The van der Waals surface area contributed by atoms with Crippen LogP contribution in [0.4, 0.5) is 0 Å². The van der Waals surface area contributed by atoms with E-state index in [1.807, 2.05) is 6.92 Å². The van der Waals surface area contributed by atoms with E-state index in [1.54, 1.807) is 29.8 Å². The summed E-state index contributed by atoms with van der Waals surface area (Å²) in [5.41, 5.74) is 6.93. The number of amides is 1. The van der Waals surface area contributed by atoms with Crippen LogP contribution in [0.3, 0.4) is 0 Å². The van der Waals surface area contributed by atoms with Gasteiger partial charge < -0.3 is 15.4 Å². The van der Waals surface area contributed by atoms with Crippen molar-refractivity contribution in [2.75, 3.05) is 33.4 Å². The summed E-state index contributed by atoms with van der Waals surface area (Å²) >= 11 is 0. The van der Waals surface area contributed by atoms with E-state index < -0.39 is 0 Å². The van der Waals surface area contributed by atoms with Crippen LogP contribution in [-0.4, -0.2) is 53.9 Å². The summed E-state index contributed by atoms with van der Waals surface area (Å²) in [4.78, 5) is 14.1. The molecule has 0 atom stereocenters. The second kappa shape index (κ2) is 7.13. The fraction of sp³-hybridized carbons (Fsp3) is 0.667. The van der Waals surface area contributed by atoms with E-state index in [9.17, 15) is 4.79 Å². The van der Waals surface area contributed by atoms with Gasteiger partial charge in [0, 0.05) is 27.2 Å². The summed E-state index contributed by atoms with van der Waals surface area (Å²) in [7, 11) is 3.40. The summed E-state index contributed by atoms with van der Waals surface area (Å²) in [6.07, 6.45) is 0.784. The van der Waals surface area contributed by atoms with Gasteiger partial charge in [0.15, 0.2) is 0 Å². The Morgan fingerprint density at radius 1 is 1.56 bits per heavy atom. The lowest BCUT2D eigenvalue weighted by Crippen LogP contribution is -2.36. The van der Waals surface area contributed by atoms with Crippen LogP contribution < -0.4 is 5.73 Å². The number of methoxy groups -OCH3 is 1. The lowest BCUT2D eigenvalue weighted by atomic mass is 10.3. The maximum Gasteiger partial charge on any atom is 0.272 e. The van der Waals surface area contributed by atoms with Crippen LogP contribution in [0.5, 0.6) is 0 Å². The number of aryl methyl sites for hydroxylation is 2. The molecule has 0 aliphatic carbocycles. The maximum absolute atomic E-state index is 12.4. The van der Waals surface area contributed by atoms with Crippen LogP contribution in [0, 0.1) is 6.92 Å². The van der Waals surface area contributed by atoms with E-state index in [-0.39, 0.29) is 5.91 Å². The van der Waals surface area contributed by atoms with Gasteiger partial charge in [0.1, 0.15) is 5.69 Å². The first-order valence-electron chi connectivity index (χ1n) is 6.09. The van der Waals surface area contributed by atoms with E-state index in [2.05, 4.69) is 5.10 Å². The van der Waals surface area contributed by atoms with Gasteiger partial charge in [-0.15, -0.1) is 0 Å². The third-order valence-corrected chi connectivity index (χ3v) is 2.71. The standard InChI is InChI=1S/C12H22N4O2/c1-10-9-11(15(2)14-10)12(17)16(6-4-5-13)7-8-18-3/h9H,4-8,13H2,1-3H3. The number of rotatable bonds is 7. The van der Waals surface area contributed by atoms with Crippen molar-refractivity contribution in [3.05, 3.63) is 17.5 Å². The second-order valence-electron chi connectivity index (χ2n) is 4.22. The van der Waals surface area contributed by atoms with Crippen molar-refractivity contribution in [2.45, 2.75) is 13.3 Å². The van der Waals surface area contributed by atoms with E-state index >= 15 is 0 Å². The van der Waals surface area contributed by atoms with Gasteiger partial charge in [0.2, 0.25) is 0 Å². The highest BCUT2D eigenvalue weighted by Crippen LogP contribution is 2.07. The third-order valence-electron chi connectivity index (χ3n) is 2.71. The summed E-state index contributed by atoms with van der Waals surface area (Å²) in [6.45, 7) is 4.17. The Labute approximate surface area is 108 Å². The Morgan fingerprint density at radius 3 is 2.78 bits per heavy atom. The normalized spacial score (nSPS) is 10.7. The molecule has 0 aliphatic rings. The van der Waals surface area contributed by atoms with Gasteiger partial charge in [-0.05, 0) is 26.0 Å². The van der Waals surface area contributed by atoms with Gasteiger partial charge >= 0.3 is 0 Å². The molecule has 0 saturated carbocycles. The van der Waals surface area contributed by atoms with Gasteiger partial charge in [-0.2, -0.15) is 5.10 Å². The van der Waals surface area contributed by atoms with Crippen molar-refractivity contribution >= 4 is 5.91 Å². The summed E-state index contributed by atoms with van der Waals surface area (Å²) in [5, 5.41) is 4.19. The summed E-state index contributed by atoms with van der Waals surface area (Å²) in [6, 6.07) is 1.80. The van der Waals surface area contributed by atoms with E-state index in [4.69, 9.17) is 10.5 Å². The fourth-order valence-corrected chi connectivity index (χ4v) is 1.77. The molecule has 0 spiro atoms. The SMILES string of the molecule is COCCN(CCCN)C(=O)c1cc(C)nn1C. The number of hydrogen-bond donors (Lipinski definition) is 1. The molecule has 0 saturated heterocycles. The molecular weight excluding hydrogens is 232 g/mol. The smallest absolute Gasteiger partial charge is 0.272 e. The Kier molecular flexibility index (Phi) is 5.80. The number of nitrogens with zero attached hydrogens (tertiary/aromatic N) is 3. The molecule has 6 nitrogen and oxygen atoms in total. The van der Waals surface area contributed by atoms with Crippen LogP contribution in [-0.2, 0) is 11.8 Å². The van der Waals surface area contributed by atoms with E-state index in [1.165, 1.54) is 0 Å². The zero-order valence-electron chi connectivity index (χ0n) is 11.3. The number of aromatic nitrogens is 2. The zero-order valence-corrected chi connectivity index (χ0v) is 11.3. The number of ether oxygens (including phenoxy) is 1. The molecule has 6 heteroatoms. The molecule has 1 aromatic heterocycles. The van der Waals surface area contributed by atoms with Crippen LogP contribution in [0.15, 0.2) is 6.07 Å². The predicted molar refractivity (Wildman–Crippen MR) is 69.4 cm³/mol. The molecule has 1 rings (SSSR count). The van der Waals surface area contributed by atoms with Gasteiger partial charge in [-0.1, -0.05) is 0 Å². The Morgan fingerprint density at radius 2 is 2.28 bits per heavy atom. The molecule has 1 amide bonds. The van der Waals surface area contributed by atoms with Crippen molar-refractivity contribution < 1.29 is 9.53 Å². The predicted octanol–water partition coefficient (Wildman–Crippen LogP) is 0.166. The van der Waals surface area contributed by atoms with Gasteiger partial charge in [-0.25, -0.2) is 0 Å². The minimum absolute atomic E-state index is 0.0244. The molecule has 0 radical (unpaired) electrons. The van der Waals surface area contributed by atoms with Crippen LogP contribution in [0.2, 0.25) is 0 Å². The van der Waals surface area contributed by atoms with Gasteiger partial charge in [0.05, 0.1) is 12.3 Å². The number of hydrogen-bond acceptors (Lipinski definition) is 4. The molecular formula is C12H22N4O2. The molecule has 0 aromatic carbocycles. The highest BCUT2D eigenvalue weighted by atomic mass is 16.5. The number of carbonyl (C=O) groups excluding carboxylic acids is 1. The highest BCUT2D eigenvalue weighted by molar-refractivity contribution is 5.92. The Bertz CT molecular complexity index is 381. The first-order valence-corrected chi connectivity index (χ1v) is 6.09. The average molecular weight is 254 g/mol. The summed E-state index contributed by atoms with van der Waals surface area (Å²) in [5.74, 6) is -0.0244. The van der Waals surface area contributed by atoms with Crippen LogP contribution in [0.25, 0.3) is 0 Å². The lowest BCUT2D eigenvalue weighted by molar-refractivity contribution is 0.0684. The first kappa shape index (κ1) is 14.7. The van der Waals surface area contributed by atoms with Crippen molar-refractivity contribution in [2.24, 2.45) is 12.8 Å². The van der Waals surface area contributed by atoms with E-state index in [0.717, 1.165) is 12.1 Å². The average Bonchev–Trinajstić information content (AvgIpc) is 2.68. The van der Waals surface area contributed by atoms with E-state index in [0.29, 0.717) is 31.9 Å². The minimum Gasteiger partial charge on any atom is -0.383 e. The molecule has 1 aromatic rings. The number of nitrogens with two attached hydrogens (primary N) is 1. The largest absolute Gasteiger partial charge is 0.383 e. The van der Waals surface area contributed by atoms with Gasteiger partial charge in [0.25, 0.3) is 5.91 Å². The van der Waals surface area contributed by atoms with Crippen LogP contribution in [0.1, 0.15) is 22.6 Å². The minimum atomic E-state index is -0.0244. The van der Waals surface area contributed by atoms with Crippen molar-refractivity contribution in [1.82, 2.24) is 14.7 Å². The quantitative estimate of drug-likeness (QED) is 0.752. The fourth-order valence-electron chi connectivity index (χ4n) is 1.77. The van der Waals surface area contributed by atoms with Gasteiger partial charge in [-0.3, -0.25) is 9.48 Å². The maximum atomic E-state index is 12.4. The highest BCUT2D eigenvalue weighted by Gasteiger charge is 2.18. The summed E-state index contributed by atoms with van der Waals surface area (Å²) < 4.78 is 6.64. The van der Waals surface area contributed by atoms with Crippen molar-refractivity contribution in [3.8, 4) is 0 Å². The lowest BCUT2D eigenvalue weighted by Gasteiger charge is -2.22. The molecule has 102 valence electrons. The monoisotopic (exact) mass is 254 g/mol. The Balaban J connectivity index is 2.77. The second-order valence-corrected chi connectivity index (χ2v) is 4.22. The Hall–Kier alpha value is -1.40. The first-order chi connectivity index (χ1) is 8.60. The zero-order chi connectivity index (χ0) is 13.5. The molecule has 0 bridgehead atoms. The molecule has 0 unspecified atom stereocenters. The van der Waals surface area contributed by atoms with Crippen LogP contribution >= 0.6 is 0 Å². The molecule has 0 aliphatic heterocycles. The molecule has 1 heterocycles. The molecule has 0 fully saturated rings. The third kappa shape index (κ3) is 3.82. The van der Waals surface area contributed by atoms with Crippen molar-refractivity contribution in [1.29, 1.82) is 0 Å². The topological polar surface area (TPSA) is 73.4 Å². The van der Waals surface area contributed by atoms with Crippen molar-refractivity contribution in [3.63, 3.8) is 0 Å². The number of carbonyl (C=O) groups is 1.